The number of carbonyl (C=O) groups excluding carboxylic acids is 2. The Hall–Kier alpha value is -4.07. The number of fused-ring (bicyclic) bond motifs is 1. The normalized spacial score (nSPS) is 14.2. The third-order valence-electron chi connectivity index (χ3n) is 6.87. The molecule has 0 aliphatic carbocycles. The second kappa shape index (κ2) is 10.3. The van der Waals surface area contributed by atoms with E-state index in [0.717, 1.165) is 47.7 Å². The molecule has 2 aromatic carbocycles. The quantitative estimate of drug-likeness (QED) is 0.367. The summed E-state index contributed by atoms with van der Waals surface area (Å²) in [7, 11) is 0. The topological polar surface area (TPSA) is 95.1 Å². The lowest BCUT2D eigenvalue weighted by atomic mass is 9.95. The van der Waals surface area contributed by atoms with E-state index >= 15 is 0 Å². The van der Waals surface area contributed by atoms with E-state index in [1.54, 1.807) is 0 Å². The van der Waals surface area contributed by atoms with E-state index in [1.165, 1.54) is 17.9 Å². The number of nitrogens with zero attached hydrogens (tertiary/aromatic N) is 3. The highest BCUT2D eigenvalue weighted by Gasteiger charge is 2.29. The summed E-state index contributed by atoms with van der Waals surface area (Å²) in [6.07, 6.45) is 4.32. The van der Waals surface area contributed by atoms with Gasteiger partial charge < -0.3 is 20.5 Å². The lowest BCUT2D eigenvalue weighted by Crippen LogP contribution is -2.41. The van der Waals surface area contributed by atoms with Gasteiger partial charge in [-0.1, -0.05) is 36.4 Å². The molecule has 0 unspecified atom stereocenters. The number of aromatic nitrogens is 3. The first-order valence-electron chi connectivity index (χ1n) is 12.5. The molecule has 1 fully saturated rings. The van der Waals surface area contributed by atoms with Crippen molar-refractivity contribution >= 4 is 34.2 Å². The van der Waals surface area contributed by atoms with Crippen molar-refractivity contribution in [2.75, 3.05) is 29.9 Å². The molecule has 8 heteroatoms. The minimum absolute atomic E-state index is 0.0253. The summed E-state index contributed by atoms with van der Waals surface area (Å²) >= 11 is 0. The second-order valence-corrected chi connectivity index (χ2v) is 9.37. The van der Waals surface area contributed by atoms with Crippen LogP contribution in [0.2, 0.25) is 0 Å². The highest BCUT2D eigenvalue weighted by Crippen LogP contribution is 2.34. The Labute approximate surface area is 210 Å². The molecule has 2 aromatic heterocycles. The zero-order valence-electron chi connectivity index (χ0n) is 20.8. The summed E-state index contributed by atoms with van der Waals surface area (Å²) in [5, 5.41) is 12.1. The Balaban J connectivity index is 1.24. The molecule has 0 atom stereocenters. The Kier molecular flexibility index (Phi) is 6.75. The molecule has 1 saturated heterocycles. The third-order valence-corrected chi connectivity index (χ3v) is 6.87. The van der Waals surface area contributed by atoms with Crippen molar-refractivity contribution in [3.05, 3.63) is 72.1 Å². The molecular formula is C28H32N6O2. The van der Waals surface area contributed by atoms with Crippen LogP contribution in [0.4, 0.5) is 11.5 Å². The highest BCUT2D eigenvalue weighted by molar-refractivity contribution is 5.93. The van der Waals surface area contributed by atoms with E-state index in [2.05, 4.69) is 32.7 Å². The van der Waals surface area contributed by atoms with Gasteiger partial charge >= 0.3 is 0 Å². The fraction of sp³-hybridized carbons (Fsp3) is 0.321. The molecule has 3 N–H and O–H groups in total. The van der Waals surface area contributed by atoms with Gasteiger partial charge in [-0.25, -0.2) is 4.68 Å². The van der Waals surface area contributed by atoms with E-state index in [1.807, 2.05) is 60.3 Å². The van der Waals surface area contributed by atoms with Crippen molar-refractivity contribution in [1.29, 1.82) is 0 Å². The van der Waals surface area contributed by atoms with Crippen LogP contribution in [0.3, 0.4) is 0 Å². The fourth-order valence-electron chi connectivity index (χ4n) is 5.04. The van der Waals surface area contributed by atoms with Gasteiger partial charge in [0.25, 0.3) is 0 Å². The molecule has 186 valence electrons. The number of aromatic amines is 1. The summed E-state index contributed by atoms with van der Waals surface area (Å²) in [6.45, 7) is 5.46. The summed E-state index contributed by atoms with van der Waals surface area (Å²) in [5.74, 6) is 0.829. The number of anilines is 2. The van der Waals surface area contributed by atoms with Crippen LogP contribution in [0.5, 0.6) is 0 Å². The first-order chi connectivity index (χ1) is 17.5. The van der Waals surface area contributed by atoms with Crippen LogP contribution in [0, 0.1) is 12.8 Å². The van der Waals surface area contributed by atoms with Gasteiger partial charge in [0, 0.05) is 49.6 Å². The third kappa shape index (κ3) is 4.84. The first kappa shape index (κ1) is 23.7. The van der Waals surface area contributed by atoms with Gasteiger partial charge in [0.15, 0.2) is 5.82 Å². The number of para-hydroxylation sites is 2. The first-order valence-corrected chi connectivity index (χ1v) is 12.5. The number of nitrogens with one attached hydrogen (secondary N) is 3. The Morgan fingerprint density at radius 2 is 1.78 bits per heavy atom. The molecular weight excluding hydrogens is 452 g/mol. The number of hydrogen-bond donors (Lipinski definition) is 3. The van der Waals surface area contributed by atoms with E-state index in [9.17, 15) is 9.59 Å². The number of H-pyrrole nitrogens is 1. The van der Waals surface area contributed by atoms with Crippen LogP contribution in [0.25, 0.3) is 16.6 Å². The molecule has 1 aliphatic heterocycles. The molecule has 1 aliphatic rings. The zero-order chi connectivity index (χ0) is 25.1. The number of aryl methyl sites for hydroxylation is 1. The molecule has 0 bridgehead atoms. The van der Waals surface area contributed by atoms with Gasteiger partial charge in [-0.2, -0.15) is 5.10 Å². The van der Waals surface area contributed by atoms with Gasteiger partial charge in [-0.15, -0.1) is 0 Å². The Bertz CT molecular complexity index is 1370. The molecule has 2 amide bonds. The number of rotatable bonds is 7. The molecule has 5 rings (SSSR count). The van der Waals surface area contributed by atoms with Crippen molar-refractivity contribution < 1.29 is 9.59 Å². The summed E-state index contributed by atoms with van der Waals surface area (Å²) in [5.41, 5.74) is 4.77. The summed E-state index contributed by atoms with van der Waals surface area (Å²) in [6, 6.07) is 18.1. The number of benzene rings is 2. The second-order valence-electron chi connectivity index (χ2n) is 9.37. The molecule has 3 heterocycles. The largest absolute Gasteiger partial charge is 0.361 e. The molecule has 0 saturated carbocycles. The van der Waals surface area contributed by atoms with Gasteiger partial charge in [0.2, 0.25) is 11.8 Å². The molecule has 8 nitrogen and oxygen atoms in total. The van der Waals surface area contributed by atoms with Gasteiger partial charge in [0.1, 0.15) is 5.69 Å². The van der Waals surface area contributed by atoms with Crippen LogP contribution in [0.1, 0.15) is 31.0 Å². The number of piperidine rings is 1. The maximum absolute atomic E-state index is 12.9. The van der Waals surface area contributed by atoms with E-state index < -0.39 is 0 Å². The van der Waals surface area contributed by atoms with E-state index in [4.69, 9.17) is 5.10 Å². The van der Waals surface area contributed by atoms with Crippen molar-refractivity contribution in [2.24, 2.45) is 5.92 Å². The van der Waals surface area contributed by atoms with E-state index in [0.29, 0.717) is 19.6 Å². The summed E-state index contributed by atoms with van der Waals surface area (Å²) < 4.78 is 1.89. The predicted octanol–water partition coefficient (Wildman–Crippen LogP) is 4.20. The lowest BCUT2D eigenvalue weighted by Gasteiger charge is -2.33. The predicted molar refractivity (Wildman–Crippen MR) is 143 cm³/mol. The minimum Gasteiger partial charge on any atom is -0.361 e. The summed E-state index contributed by atoms with van der Waals surface area (Å²) in [4.78, 5) is 30.4. The minimum atomic E-state index is -0.128. The number of hydrogen-bond acceptors (Lipinski definition) is 4. The van der Waals surface area contributed by atoms with Gasteiger partial charge in [0.05, 0.1) is 11.4 Å². The van der Waals surface area contributed by atoms with Crippen LogP contribution in [0.15, 0.2) is 60.8 Å². The molecule has 36 heavy (non-hydrogen) atoms. The van der Waals surface area contributed by atoms with Crippen LogP contribution >= 0.6 is 0 Å². The molecule has 0 spiro atoms. The van der Waals surface area contributed by atoms with Crippen LogP contribution in [-0.2, 0) is 16.0 Å². The highest BCUT2D eigenvalue weighted by atomic mass is 16.2. The van der Waals surface area contributed by atoms with E-state index in [-0.39, 0.29) is 17.7 Å². The number of amides is 2. The van der Waals surface area contributed by atoms with Crippen LogP contribution < -0.4 is 15.5 Å². The SMILES string of the molecule is CC(=O)Nc1c(C)nn(-c2ccccc2)c1N1CCC(C(=O)NCCc2c[nH]c3ccccc23)CC1. The van der Waals surface area contributed by atoms with Gasteiger partial charge in [-0.05, 0) is 49.9 Å². The smallest absolute Gasteiger partial charge is 0.223 e. The maximum atomic E-state index is 12.9. The fourth-order valence-corrected chi connectivity index (χ4v) is 5.04. The molecule has 4 aromatic rings. The monoisotopic (exact) mass is 484 g/mol. The van der Waals surface area contributed by atoms with Crippen LogP contribution in [-0.4, -0.2) is 46.2 Å². The maximum Gasteiger partial charge on any atom is 0.223 e. The zero-order valence-corrected chi connectivity index (χ0v) is 20.8. The molecule has 0 radical (unpaired) electrons. The van der Waals surface area contributed by atoms with Crippen molar-refractivity contribution in [3.8, 4) is 5.69 Å². The Morgan fingerprint density at radius 1 is 1.06 bits per heavy atom. The van der Waals surface area contributed by atoms with Crippen molar-refractivity contribution in [3.63, 3.8) is 0 Å². The van der Waals surface area contributed by atoms with Crippen molar-refractivity contribution in [1.82, 2.24) is 20.1 Å². The van der Waals surface area contributed by atoms with Crippen molar-refractivity contribution in [2.45, 2.75) is 33.1 Å². The Morgan fingerprint density at radius 3 is 2.53 bits per heavy atom. The average Bonchev–Trinajstić information content (AvgIpc) is 3.45. The standard InChI is InChI=1S/C28H32N6O2/c1-19-26(31-20(2)35)28(34(32-19)23-8-4-3-5-9-23)33-16-13-21(14-17-33)27(36)29-15-12-22-18-30-25-11-7-6-10-24(22)25/h3-11,18,21,30H,12-17H2,1-2H3,(H,29,36)(H,31,35). The number of carbonyl (C=O) groups is 2. The van der Waals surface area contributed by atoms with Gasteiger partial charge in [-0.3, -0.25) is 9.59 Å². The average molecular weight is 485 g/mol. The lowest BCUT2D eigenvalue weighted by molar-refractivity contribution is -0.125.